The molecule has 2 unspecified atom stereocenters. The molecule has 2 N–H and O–H groups in total. The van der Waals surface area contributed by atoms with Gasteiger partial charge in [0.2, 0.25) is 0 Å². The van der Waals surface area contributed by atoms with E-state index >= 15 is 0 Å². The lowest BCUT2D eigenvalue weighted by atomic mass is 9.71. The molecule has 5 heteroatoms. The Labute approximate surface area is 242 Å². The van der Waals surface area contributed by atoms with Crippen LogP contribution in [-0.2, 0) is 6.42 Å². The molecule has 0 saturated carbocycles. The Balaban J connectivity index is 0.000000560. The minimum atomic E-state index is -0.809. The first-order chi connectivity index (χ1) is 17.7. The first kappa shape index (κ1) is 32.9. The van der Waals surface area contributed by atoms with E-state index in [1.165, 1.54) is 12.0 Å². The van der Waals surface area contributed by atoms with Gasteiger partial charge in [-0.2, -0.15) is 12.6 Å². The molecule has 2 aliphatic carbocycles. The molecule has 0 bridgehead atoms. The van der Waals surface area contributed by atoms with Crippen molar-refractivity contribution in [3.8, 4) is 0 Å². The fraction of sp³-hybridized carbons (Fsp3) is 0.606. The number of nitrogens with zero attached hydrogens (tertiary/aromatic N) is 1. The van der Waals surface area contributed by atoms with E-state index in [1.54, 1.807) is 6.26 Å². The Kier molecular flexibility index (Phi) is 12.0. The molecule has 3 nitrogen and oxygen atoms in total. The zero-order chi connectivity index (χ0) is 28.8. The molecular weight excluding hydrogens is 510 g/mol. The highest BCUT2D eigenvalue weighted by atomic mass is 35.5. The summed E-state index contributed by atoms with van der Waals surface area (Å²) in [7, 11) is 0. The van der Waals surface area contributed by atoms with E-state index in [1.807, 2.05) is 24.3 Å². The zero-order valence-electron chi connectivity index (χ0n) is 25.0. The lowest BCUT2D eigenvalue weighted by molar-refractivity contribution is 0.0972. The molecule has 1 heterocycles. The average molecular weight is 560 g/mol. The summed E-state index contributed by atoms with van der Waals surface area (Å²) in [5.41, 5.74) is 7.37. The number of thiol groups is 1. The van der Waals surface area contributed by atoms with Crippen LogP contribution in [0.25, 0.3) is 5.57 Å². The van der Waals surface area contributed by atoms with Crippen LogP contribution in [0.2, 0.25) is 5.02 Å². The van der Waals surface area contributed by atoms with Gasteiger partial charge in [0.1, 0.15) is 6.10 Å². The van der Waals surface area contributed by atoms with Crippen LogP contribution in [0.15, 0.2) is 30.3 Å². The van der Waals surface area contributed by atoms with Crippen molar-refractivity contribution in [1.29, 1.82) is 0 Å². The Morgan fingerprint density at radius 3 is 2.18 bits per heavy atom. The zero-order valence-corrected chi connectivity index (χ0v) is 26.7. The summed E-state index contributed by atoms with van der Waals surface area (Å²) in [5, 5.41) is 23.4. The molecular formula is C33H50ClNO2S. The van der Waals surface area contributed by atoms with Gasteiger partial charge in [-0.1, -0.05) is 91.6 Å². The molecule has 2 aromatic rings. The van der Waals surface area contributed by atoms with Crippen molar-refractivity contribution < 1.29 is 10.2 Å². The van der Waals surface area contributed by atoms with E-state index in [0.717, 1.165) is 59.3 Å². The predicted octanol–water partition coefficient (Wildman–Crippen LogP) is 9.50. The molecule has 2 aliphatic rings. The second kappa shape index (κ2) is 13.8. The third-order valence-corrected chi connectivity index (χ3v) is 7.79. The second-order valence-corrected chi connectivity index (χ2v) is 13.3. The van der Waals surface area contributed by atoms with Crippen LogP contribution in [0.1, 0.15) is 139 Å². The Morgan fingerprint density at radius 1 is 1.13 bits per heavy atom. The number of benzene rings is 1. The normalized spacial score (nSPS) is 19.0. The molecule has 0 aliphatic heterocycles. The third kappa shape index (κ3) is 8.34. The number of aliphatic hydroxyl groups is 2. The molecule has 1 aromatic carbocycles. The molecule has 2 atom stereocenters. The molecule has 0 radical (unpaired) electrons. The number of rotatable bonds is 4. The summed E-state index contributed by atoms with van der Waals surface area (Å²) in [6.07, 6.45) is 8.56. The van der Waals surface area contributed by atoms with Crippen LogP contribution in [0.4, 0.5) is 0 Å². The highest BCUT2D eigenvalue weighted by Gasteiger charge is 2.38. The van der Waals surface area contributed by atoms with E-state index in [4.69, 9.17) is 16.6 Å². The van der Waals surface area contributed by atoms with Gasteiger partial charge < -0.3 is 10.2 Å². The molecule has 0 saturated heterocycles. The number of hydrogen-bond acceptors (Lipinski definition) is 4. The Morgan fingerprint density at radius 2 is 1.71 bits per heavy atom. The number of halogens is 1. The van der Waals surface area contributed by atoms with Gasteiger partial charge in [-0.3, -0.25) is 4.98 Å². The molecule has 4 rings (SSSR count). The Bertz CT molecular complexity index is 1080. The number of aromatic nitrogens is 1. The van der Waals surface area contributed by atoms with Crippen molar-refractivity contribution >= 4 is 29.8 Å². The van der Waals surface area contributed by atoms with Gasteiger partial charge in [0.15, 0.2) is 0 Å². The first-order valence-electron chi connectivity index (χ1n) is 14.1. The van der Waals surface area contributed by atoms with Gasteiger partial charge in [-0.25, -0.2) is 0 Å². The summed E-state index contributed by atoms with van der Waals surface area (Å²) >= 11 is 9.61. The number of aliphatic hydroxyl groups excluding tert-OH is 2. The van der Waals surface area contributed by atoms with E-state index in [-0.39, 0.29) is 11.3 Å². The van der Waals surface area contributed by atoms with Gasteiger partial charge in [-0.05, 0) is 83.9 Å². The second-order valence-electron chi connectivity index (χ2n) is 12.9. The topological polar surface area (TPSA) is 53.4 Å². The fourth-order valence-electron chi connectivity index (χ4n) is 5.10. The van der Waals surface area contributed by atoms with Crippen molar-refractivity contribution in [3.63, 3.8) is 0 Å². The monoisotopic (exact) mass is 559 g/mol. The standard InChI is InChI=1S/C26H32ClNO2.C6H14.CH4S/c1-15(2)24-23(25(30)17-9-11-18(27)12-10-17)21(16-7-5-6-8-16)22-19(28-24)13-26(3,4)14-20(22)29;1-5-6(2,3)4;1-2/h7,9-12,15,20,25,29-30H,5-6,8,13-14H2,1-4H3;5H2,1-4H3;2H,1H3. The number of pyridine rings is 1. The maximum absolute atomic E-state index is 11.6. The molecule has 0 spiro atoms. The lowest BCUT2D eigenvalue weighted by Gasteiger charge is -2.37. The summed E-state index contributed by atoms with van der Waals surface area (Å²) in [6, 6.07) is 7.38. The van der Waals surface area contributed by atoms with Crippen LogP contribution >= 0.6 is 24.2 Å². The fourth-order valence-corrected chi connectivity index (χ4v) is 5.23. The van der Waals surface area contributed by atoms with Gasteiger partial charge in [0, 0.05) is 27.5 Å². The first-order valence-corrected chi connectivity index (χ1v) is 15.3. The molecule has 0 amide bonds. The summed E-state index contributed by atoms with van der Waals surface area (Å²) in [5.74, 6) is 0.162. The van der Waals surface area contributed by atoms with Crippen molar-refractivity contribution in [1.82, 2.24) is 4.98 Å². The third-order valence-electron chi connectivity index (χ3n) is 7.53. The van der Waals surface area contributed by atoms with Gasteiger partial charge in [0.05, 0.1) is 6.10 Å². The maximum Gasteiger partial charge on any atom is 0.106 e. The van der Waals surface area contributed by atoms with Crippen molar-refractivity contribution in [3.05, 3.63) is 69.0 Å². The maximum atomic E-state index is 11.6. The van der Waals surface area contributed by atoms with Gasteiger partial charge in [-0.15, -0.1) is 0 Å². The van der Waals surface area contributed by atoms with Gasteiger partial charge in [0.25, 0.3) is 0 Å². The van der Waals surface area contributed by atoms with Crippen molar-refractivity contribution in [2.45, 2.75) is 112 Å². The number of fused-ring (bicyclic) bond motifs is 1. The minimum absolute atomic E-state index is 0.00526. The molecule has 212 valence electrons. The molecule has 0 fully saturated rings. The van der Waals surface area contributed by atoms with Crippen molar-refractivity contribution in [2.24, 2.45) is 10.8 Å². The van der Waals surface area contributed by atoms with Crippen molar-refractivity contribution in [2.75, 3.05) is 6.26 Å². The molecule has 1 aromatic heterocycles. The summed E-state index contributed by atoms with van der Waals surface area (Å²) in [6.45, 7) is 17.6. The van der Waals surface area contributed by atoms with E-state index in [9.17, 15) is 10.2 Å². The largest absolute Gasteiger partial charge is 0.388 e. The molecule has 38 heavy (non-hydrogen) atoms. The summed E-state index contributed by atoms with van der Waals surface area (Å²) < 4.78 is 0. The highest BCUT2D eigenvalue weighted by Crippen LogP contribution is 2.48. The highest BCUT2D eigenvalue weighted by molar-refractivity contribution is 7.79. The SMILES string of the molecule is CC(C)c1nc2c(c(C3=CCCC3)c1C(O)c1ccc(Cl)cc1)C(O)CC(C)(C)C2.CCC(C)(C)C.CS. The number of hydrogen-bond donors (Lipinski definition) is 3. The van der Waals surface area contributed by atoms with Gasteiger partial charge >= 0.3 is 0 Å². The van der Waals surface area contributed by atoms with Crippen LogP contribution in [-0.4, -0.2) is 21.5 Å². The van der Waals surface area contributed by atoms with Crippen LogP contribution < -0.4 is 0 Å². The quantitative estimate of drug-likeness (QED) is 0.327. The lowest BCUT2D eigenvalue weighted by Crippen LogP contribution is -2.29. The van der Waals surface area contributed by atoms with E-state index in [0.29, 0.717) is 16.9 Å². The average Bonchev–Trinajstić information content (AvgIpc) is 3.38. The minimum Gasteiger partial charge on any atom is -0.388 e. The summed E-state index contributed by atoms with van der Waals surface area (Å²) in [4.78, 5) is 5.08. The van der Waals surface area contributed by atoms with E-state index in [2.05, 4.69) is 74.1 Å². The predicted molar refractivity (Wildman–Crippen MR) is 167 cm³/mol. The van der Waals surface area contributed by atoms with Crippen LogP contribution in [0, 0.1) is 10.8 Å². The smallest absolute Gasteiger partial charge is 0.106 e. The number of allylic oxidation sites excluding steroid dienone is 2. The van der Waals surface area contributed by atoms with Crippen LogP contribution in [0.5, 0.6) is 0 Å². The van der Waals surface area contributed by atoms with E-state index < -0.39 is 12.2 Å². The van der Waals surface area contributed by atoms with Crippen LogP contribution in [0.3, 0.4) is 0 Å². The Hall–Kier alpha value is -1.33.